The molecule has 31 heavy (non-hydrogen) atoms. The molecule has 1 fully saturated rings. The highest BCUT2D eigenvalue weighted by Crippen LogP contribution is 2.34. The van der Waals surface area contributed by atoms with Gasteiger partial charge in [0.2, 0.25) is 0 Å². The number of carbonyl (C=O) groups is 1. The summed E-state index contributed by atoms with van der Waals surface area (Å²) in [5.41, 5.74) is 10.7. The van der Waals surface area contributed by atoms with E-state index in [1.807, 2.05) is 0 Å². The van der Waals surface area contributed by atoms with Gasteiger partial charge in [0.25, 0.3) is 5.91 Å². The van der Waals surface area contributed by atoms with Crippen molar-refractivity contribution >= 4 is 17.5 Å². The Morgan fingerprint density at radius 1 is 1.13 bits per heavy atom. The first-order chi connectivity index (χ1) is 14.7. The lowest BCUT2D eigenvalue weighted by atomic mass is 10.0. The Labute approximate surface area is 174 Å². The van der Waals surface area contributed by atoms with Crippen LogP contribution in [-0.2, 0) is 6.18 Å². The van der Waals surface area contributed by atoms with Crippen LogP contribution in [0.3, 0.4) is 0 Å². The maximum absolute atomic E-state index is 13.4. The molecule has 1 amide bonds. The van der Waals surface area contributed by atoms with Crippen molar-refractivity contribution in [1.29, 1.82) is 0 Å². The predicted octanol–water partition coefficient (Wildman–Crippen LogP) is 2.28. The van der Waals surface area contributed by atoms with E-state index >= 15 is 0 Å². The third-order valence-corrected chi connectivity index (χ3v) is 5.19. The van der Waals surface area contributed by atoms with E-state index in [4.69, 9.17) is 11.5 Å². The first-order valence-corrected chi connectivity index (χ1v) is 9.47. The fourth-order valence-electron chi connectivity index (χ4n) is 3.60. The molecule has 0 saturated carbocycles. The van der Waals surface area contributed by atoms with Gasteiger partial charge in [-0.15, -0.1) is 0 Å². The quantitative estimate of drug-likeness (QED) is 0.647. The van der Waals surface area contributed by atoms with Crippen molar-refractivity contribution in [3.05, 3.63) is 48.3 Å². The lowest BCUT2D eigenvalue weighted by Gasteiger charge is -2.34. The Bertz CT molecular complexity index is 1090. The third kappa shape index (κ3) is 4.13. The van der Waals surface area contributed by atoms with E-state index in [1.165, 1.54) is 18.7 Å². The van der Waals surface area contributed by atoms with Crippen LogP contribution in [0.5, 0.6) is 0 Å². The van der Waals surface area contributed by atoms with E-state index in [1.54, 1.807) is 21.6 Å². The van der Waals surface area contributed by atoms with Crippen LogP contribution in [0.4, 0.5) is 24.8 Å². The Hall–Kier alpha value is -3.70. The molecule has 1 saturated heterocycles. The number of hydrogen-bond acceptors (Lipinski definition) is 7. The van der Waals surface area contributed by atoms with Gasteiger partial charge in [0, 0.05) is 43.2 Å². The average Bonchev–Trinajstić information content (AvgIpc) is 3.15. The monoisotopic (exact) mass is 432 g/mol. The molecule has 0 spiro atoms. The molecule has 0 atom stereocenters. The maximum Gasteiger partial charge on any atom is 0.433 e. The fourth-order valence-corrected chi connectivity index (χ4v) is 3.60. The van der Waals surface area contributed by atoms with E-state index in [0.717, 1.165) is 6.07 Å². The zero-order valence-electron chi connectivity index (χ0n) is 16.3. The summed E-state index contributed by atoms with van der Waals surface area (Å²) in [5, 5.41) is 0. The SMILES string of the molecule is NC(=O)c1ncn(C2CCN(c3cc(C(F)(F)F)nc(-c4ccncc4)n3)CC2)c1N. The Morgan fingerprint density at radius 2 is 1.81 bits per heavy atom. The number of rotatable bonds is 4. The first-order valence-electron chi connectivity index (χ1n) is 9.47. The van der Waals surface area contributed by atoms with Gasteiger partial charge in [0.15, 0.2) is 17.2 Å². The van der Waals surface area contributed by atoms with Crippen LogP contribution in [-0.4, -0.2) is 43.5 Å². The second kappa shape index (κ2) is 7.85. The minimum Gasteiger partial charge on any atom is -0.383 e. The topological polar surface area (TPSA) is 129 Å². The number of amides is 1. The number of anilines is 2. The van der Waals surface area contributed by atoms with Crippen molar-refractivity contribution in [3.63, 3.8) is 0 Å². The fraction of sp³-hybridized carbons (Fsp3) is 0.316. The molecule has 0 bridgehead atoms. The van der Waals surface area contributed by atoms with Gasteiger partial charge in [-0.3, -0.25) is 9.78 Å². The number of nitrogen functional groups attached to an aromatic ring is 1. The van der Waals surface area contributed by atoms with Gasteiger partial charge in [-0.25, -0.2) is 15.0 Å². The van der Waals surface area contributed by atoms with E-state index in [-0.39, 0.29) is 29.2 Å². The molecule has 0 aliphatic carbocycles. The Kier molecular flexibility index (Phi) is 5.21. The van der Waals surface area contributed by atoms with Crippen molar-refractivity contribution < 1.29 is 18.0 Å². The van der Waals surface area contributed by atoms with E-state index < -0.39 is 17.8 Å². The largest absolute Gasteiger partial charge is 0.433 e. The second-order valence-electron chi connectivity index (χ2n) is 7.14. The summed E-state index contributed by atoms with van der Waals surface area (Å²) in [5.74, 6) is -0.339. The summed E-state index contributed by atoms with van der Waals surface area (Å²) in [6, 6.07) is 4.02. The molecule has 0 unspecified atom stereocenters. The van der Waals surface area contributed by atoms with Gasteiger partial charge < -0.3 is 20.9 Å². The Morgan fingerprint density at radius 3 is 2.39 bits per heavy atom. The number of aromatic nitrogens is 5. The van der Waals surface area contributed by atoms with Crippen LogP contribution in [0.25, 0.3) is 11.4 Å². The molecular formula is C19H19F3N8O. The number of piperidine rings is 1. The molecule has 4 heterocycles. The van der Waals surface area contributed by atoms with Crippen molar-refractivity contribution in [1.82, 2.24) is 24.5 Å². The number of imidazole rings is 1. The number of nitrogens with zero attached hydrogens (tertiary/aromatic N) is 6. The van der Waals surface area contributed by atoms with Crippen molar-refractivity contribution in [2.75, 3.05) is 23.7 Å². The molecule has 9 nitrogen and oxygen atoms in total. The molecule has 4 rings (SSSR count). The summed E-state index contributed by atoms with van der Waals surface area (Å²) < 4.78 is 42.0. The number of nitrogens with two attached hydrogens (primary N) is 2. The number of primary amides is 1. The number of carbonyl (C=O) groups excluding carboxylic acids is 1. The highest BCUT2D eigenvalue weighted by Gasteiger charge is 2.35. The minimum absolute atomic E-state index is 0.00930. The molecular weight excluding hydrogens is 413 g/mol. The van der Waals surface area contributed by atoms with Crippen molar-refractivity contribution in [2.45, 2.75) is 25.1 Å². The standard InChI is InChI=1S/C19H19F3N8O/c20-19(21,22)13-9-14(28-18(27-13)11-1-5-25-6-2-11)29-7-3-12(4-8-29)30-10-26-15(16(30)23)17(24)31/h1-2,5-6,9-10,12H,3-4,7-8,23H2,(H2,24,31). The maximum atomic E-state index is 13.4. The lowest BCUT2D eigenvalue weighted by Crippen LogP contribution is -2.35. The molecule has 4 N–H and O–H groups in total. The zero-order valence-corrected chi connectivity index (χ0v) is 16.3. The molecule has 162 valence electrons. The van der Waals surface area contributed by atoms with Gasteiger partial charge in [-0.05, 0) is 25.0 Å². The molecule has 12 heteroatoms. The van der Waals surface area contributed by atoms with Crippen LogP contribution in [0.1, 0.15) is 35.1 Å². The lowest BCUT2D eigenvalue weighted by molar-refractivity contribution is -0.141. The van der Waals surface area contributed by atoms with Crippen LogP contribution in [0, 0.1) is 0 Å². The van der Waals surface area contributed by atoms with Crippen LogP contribution in [0.2, 0.25) is 0 Å². The third-order valence-electron chi connectivity index (χ3n) is 5.19. The van der Waals surface area contributed by atoms with E-state index in [2.05, 4.69) is 19.9 Å². The Balaban J connectivity index is 1.59. The van der Waals surface area contributed by atoms with Gasteiger partial charge in [-0.1, -0.05) is 0 Å². The summed E-state index contributed by atoms with van der Waals surface area (Å²) in [7, 11) is 0. The number of hydrogen-bond donors (Lipinski definition) is 2. The highest BCUT2D eigenvalue weighted by atomic mass is 19.4. The normalized spacial score (nSPS) is 15.3. The molecule has 0 aromatic carbocycles. The van der Waals surface area contributed by atoms with Gasteiger partial charge in [0.1, 0.15) is 11.6 Å². The molecule has 0 radical (unpaired) electrons. The summed E-state index contributed by atoms with van der Waals surface area (Å²) in [6.07, 6.45) is 0.960. The summed E-state index contributed by atoms with van der Waals surface area (Å²) >= 11 is 0. The zero-order chi connectivity index (χ0) is 22.2. The van der Waals surface area contributed by atoms with Crippen LogP contribution in [0.15, 0.2) is 36.9 Å². The number of pyridine rings is 1. The average molecular weight is 432 g/mol. The minimum atomic E-state index is -4.60. The first kappa shape index (κ1) is 20.6. The predicted molar refractivity (Wildman–Crippen MR) is 106 cm³/mol. The molecule has 1 aliphatic rings. The van der Waals surface area contributed by atoms with Crippen molar-refractivity contribution in [2.24, 2.45) is 5.73 Å². The van der Waals surface area contributed by atoms with Gasteiger partial charge >= 0.3 is 6.18 Å². The van der Waals surface area contributed by atoms with E-state index in [9.17, 15) is 18.0 Å². The van der Waals surface area contributed by atoms with Crippen LogP contribution < -0.4 is 16.4 Å². The van der Waals surface area contributed by atoms with E-state index in [0.29, 0.717) is 31.5 Å². The summed E-state index contributed by atoms with van der Waals surface area (Å²) in [4.78, 5) is 29.0. The second-order valence-corrected chi connectivity index (χ2v) is 7.14. The smallest absolute Gasteiger partial charge is 0.383 e. The molecule has 3 aromatic heterocycles. The molecule has 1 aliphatic heterocycles. The van der Waals surface area contributed by atoms with Crippen molar-refractivity contribution in [3.8, 4) is 11.4 Å². The summed E-state index contributed by atoms with van der Waals surface area (Å²) in [6.45, 7) is 0.885. The van der Waals surface area contributed by atoms with Gasteiger partial charge in [0.05, 0.1) is 6.33 Å². The number of alkyl halides is 3. The van der Waals surface area contributed by atoms with Gasteiger partial charge in [-0.2, -0.15) is 13.2 Å². The van der Waals surface area contributed by atoms with Crippen LogP contribution >= 0.6 is 0 Å². The highest BCUT2D eigenvalue weighted by molar-refractivity contribution is 5.95. The molecule has 3 aromatic rings. The number of halogens is 3.